The molecule has 2 unspecified atom stereocenters. The molecule has 116 valence electrons. The standard InChI is InChI=1S/C16H22FNO3/c1-11-4-3-7-16(9-11,10-19)18-15(20)12-5-6-13(17)14(8-12)21-2/h5-6,8,11,19H,3-4,7,9-10H2,1-2H3,(H,18,20). The minimum absolute atomic E-state index is 0.0395. The summed E-state index contributed by atoms with van der Waals surface area (Å²) in [4.78, 5) is 12.4. The summed E-state index contributed by atoms with van der Waals surface area (Å²) in [5, 5.41) is 12.6. The van der Waals surface area contributed by atoms with E-state index in [-0.39, 0.29) is 18.3 Å². The van der Waals surface area contributed by atoms with Gasteiger partial charge in [-0.05, 0) is 37.0 Å². The largest absolute Gasteiger partial charge is 0.494 e. The van der Waals surface area contributed by atoms with Crippen molar-refractivity contribution in [1.82, 2.24) is 5.32 Å². The number of amides is 1. The van der Waals surface area contributed by atoms with Gasteiger partial charge in [-0.3, -0.25) is 4.79 Å². The van der Waals surface area contributed by atoms with Crippen molar-refractivity contribution < 1.29 is 19.0 Å². The fourth-order valence-electron chi connectivity index (χ4n) is 3.07. The zero-order valence-electron chi connectivity index (χ0n) is 12.5. The third-order valence-corrected chi connectivity index (χ3v) is 4.19. The van der Waals surface area contributed by atoms with Gasteiger partial charge in [-0.15, -0.1) is 0 Å². The number of carbonyl (C=O) groups is 1. The summed E-state index contributed by atoms with van der Waals surface area (Å²) < 4.78 is 18.3. The van der Waals surface area contributed by atoms with Crippen molar-refractivity contribution in [2.24, 2.45) is 5.92 Å². The van der Waals surface area contributed by atoms with Crippen LogP contribution >= 0.6 is 0 Å². The number of hydrogen-bond acceptors (Lipinski definition) is 3. The SMILES string of the molecule is COc1cc(C(=O)NC2(CO)CCCC(C)C2)ccc1F. The van der Waals surface area contributed by atoms with Crippen LogP contribution < -0.4 is 10.1 Å². The Labute approximate surface area is 124 Å². The van der Waals surface area contributed by atoms with Gasteiger partial charge >= 0.3 is 0 Å². The number of benzene rings is 1. The maximum Gasteiger partial charge on any atom is 0.251 e. The number of halogens is 1. The second-order valence-corrected chi connectivity index (χ2v) is 5.94. The van der Waals surface area contributed by atoms with Crippen LogP contribution in [0.25, 0.3) is 0 Å². The van der Waals surface area contributed by atoms with Gasteiger partial charge in [-0.1, -0.05) is 19.8 Å². The average Bonchev–Trinajstić information content (AvgIpc) is 2.47. The van der Waals surface area contributed by atoms with E-state index in [1.165, 1.54) is 25.3 Å². The summed E-state index contributed by atoms with van der Waals surface area (Å²) in [6.45, 7) is 2.04. The van der Waals surface area contributed by atoms with E-state index in [9.17, 15) is 14.3 Å². The minimum Gasteiger partial charge on any atom is -0.494 e. The molecule has 2 N–H and O–H groups in total. The Hall–Kier alpha value is -1.62. The predicted molar refractivity (Wildman–Crippen MR) is 77.9 cm³/mol. The highest BCUT2D eigenvalue weighted by atomic mass is 19.1. The molecule has 1 fully saturated rings. The van der Waals surface area contributed by atoms with Crippen LogP contribution in [0.15, 0.2) is 18.2 Å². The molecule has 2 atom stereocenters. The van der Waals surface area contributed by atoms with E-state index < -0.39 is 11.4 Å². The van der Waals surface area contributed by atoms with Crippen molar-refractivity contribution in [3.63, 3.8) is 0 Å². The molecule has 0 bridgehead atoms. The van der Waals surface area contributed by atoms with Crippen molar-refractivity contribution in [1.29, 1.82) is 0 Å². The van der Waals surface area contributed by atoms with Crippen LogP contribution in [-0.2, 0) is 0 Å². The number of methoxy groups -OCH3 is 1. The lowest BCUT2D eigenvalue weighted by atomic mass is 9.76. The summed E-state index contributed by atoms with van der Waals surface area (Å²) in [7, 11) is 1.36. The number of carbonyl (C=O) groups excluding carboxylic acids is 1. The van der Waals surface area contributed by atoms with Gasteiger partial charge < -0.3 is 15.2 Å². The Morgan fingerprint density at radius 3 is 2.95 bits per heavy atom. The molecule has 1 aromatic carbocycles. The monoisotopic (exact) mass is 295 g/mol. The van der Waals surface area contributed by atoms with E-state index in [0.29, 0.717) is 11.5 Å². The quantitative estimate of drug-likeness (QED) is 0.897. The summed E-state index contributed by atoms with van der Waals surface area (Å²) in [6, 6.07) is 4.01. The number of nitrogens with one attached hydrogen (secondary N) is 1. The first kappa shape index (κ1) is 15.8. The van der Waals surface area contributed by atoms with E-state index in [0.717, 1.165) is 25.7 Å². The first-order valence-electron chi connectivity index (χ1n) is 7.26. The zero-order valence-corrected chi connectivity index (χ0v) is 12.5. The van der Waals surface area contributed by atoms with Gasteiger partial charge in [0.2, 0.25) is 0 Å². The Balaban J connectivity index is 2.16. The molecule has 4 nitrogen and oxygen atoms in total. The number of hydrogen-bond donors (Lipinski definition) is 2. The van der Waals surface area contributed by atoms with Crippen molar-refractivity contribution in [3.05, 3.63) is 29.6 Å². The van der Waals surface area contributed by atoms with Gasteiger partial charge in [0.25, 0.3) is 5.91 Å². The average molecular weight is 295 g/mol. The Morgan fingerprint density at radius 1 is 1.57 bits per heavy atom. The van der Waals surface area contributed by atoms with E-state index in [1.807, 2.05) is 0 Å². The molecule has 0 heterocycles. The van der Waals surface area contributed by atoms with Gasteiger partial charge in [0.1, 0.15) is 0 Å². The molecule has 2 rings (SSSR count). The van der Waals surface area contributed by atoms with Gasteiger partial charge in [-0.25, -0.2) is 4.39 Å². The third-order valence-electron chi connectivity index (χ3n) is 4.19. The van der Waals surface area contributed by atoms with E-state index in [2.05, 4.69) is 12.2 Å². The molecule has 0 aromatic heterocycles. The number of rotatable bonds is 4. The van der Waals surface area contributed by atoms with Crippen LogP contribution in [-0.4, -0.2) is 30.3 Å². The van der Waals surface area contributed by atoms with Gasteiger partial charge in [0.05, 0.1) is 19.3 Å². The van der Waals surface area contributed by atoms with Crippen LogP contribution in [0.4, 0.5) is 4.39 Å². The van der Waals surface area contributed by atoms with Crippen LogP contribution in [0.5, 0.6) is 5.75 Å². The smallest absolute Gasteiger partial charge is 0.251 e. The van der Waals surface area contributed by atoms with Crippen molar-refractivity contribution in [2.45, 2.75) is 38.1 Å². The maximum absolute atomic E-state index is 13.4. The first-order valence-corrected chi connectivity index (χ1v) is 7.26. The van der Waals surface area contributed by atoms with Crippen molar-refractivity contribution in [2.75, 3.05) is 13.7 Å². The molecule has 1 amide bonds. The fourth-order valence-corrected chi connectivity index (χ4v) is 3.07. The second-order valence-electron chi connectivity index (χ2n) is 5.94. The fraction of sp³-hybridized carbons (Fsp3) is 0.562. The zero-order chi connectivity index (χ0) is 15.5. The molecular formula is C16H22FNO3. The van der Waals surface area contributed by atoms with E-state index >= 15 is 0 Å². The van der Waals surface area contributed by atoms with Crippen molar-refractivity contribution in [3.8, 4) is 5.75 Å². The summed E-state index contributed by atoms with van der Waals surface area (Å²) in [6.07, 6.45) is 3.61. The van der Waals surface area contributed by atoms with Crippen LogP contribution in [0.1, 0.15) is 43.0 Å². The molecule has 0 spiro atoms. The third kappa shape index (κ3) is 3.53. The number of aliphatic hydroxyl groups excluding tert-OH is 1. The highest BCUT2D eigenvalue weighted by Crippen LogP contribution is 2.32. The topological polar surface area (TPSA) is 58.6 Å². The molecular weight excluding hydrogens is 273 g/mol. The molecule has 21 heavy (non-hydrogen) atoms. The highest BCUT2D eigenvalue weighted by Gasteiger charge is 2.36. The Morgan fingerprint density at radius 2 is 2.33 bits per heavy atom. The normalized spacial score (nSPS) is 25.4. The molecule has 1 saturated carbocycles. The lowest BCUT2D eigenvalue weighted by Gasteiger charge is -2.39. The molecule has 0 radical (unpaired) electrons. The van der Waals surface area contributed by atoms with Gasteiger partial charge in [0.15, 0.2) is 11.6 Å². The summed E-state index contributed by atoms with van der Waals surface area (Å²) in [5.74, 6) is -0.305. The van der Waals surface area contributed by atoms with Crippen LogP contribution in [0.2, 0.25) is 0 Å². The second kappa shape index (κ2) is 6.43. The molecule has 0 aliphatic heterocycles. The summed E-state index contributed by atoms with van der Waals surface area (Å²) in [5.41, 5.74) is -0.240. The predicted octanol–water partition coefficient (Wildman–Crippen LogP) is 2.51. The molecule has 5 heteroatoms. The summed E-state index contributed by atoms with van der Waals surface area (Å²) >= 11 is 0. The maximum atomic E-state index is 13.4. The molecule has 1 aromatic rings. The molecule has 1 aliphatic carbocycles. The number of aliphatic hydroxyl groups is 1. The first-order chi connectivity index (χ1) is 9.99. The van der Waals surface area contributed by atoms with Crippen LogP contribution in [0, 0.1) is 11.7 Å². The van der Waals surface area contributed by atoms with Gasteiger partial charge in [0, 0.05) is 5.56 Å². The van der Waals surface area contributed by atoms with Crippen molar-refractivity contribution >= 4 is 5.91 Å². The minimum atomic E-state index is -0.573. The highest BCUT2D eigenvalue weighted by molar-refractivity contribution is 5.95. The van der Waals surface area contributed by atoms with Gasteiger partial charge in [-0.2, -0.15) is 0 Å². The van der Waals surface area contributed by atoms with E-state index in [4.69, 9.17) is 4.74 Å². The number of ether oxygens (including phenoxy) is 1. The van der Waals surface area contributed by atoms with Crippen LogP contribution in [0.3, 0.4) is 0 Å². The molecule has 1 aliphatic rings. The molecule has 0 saturated heterocycles. The Kier molecular flexibility index (Phi) is 4.83. The van der Waals surface area contributed by atoms with E-state index in [1.54, 1.807) is 0 Å². The lowest BCUT2D eigenvalue weighted by molar-refractivity contribution is 0.0696. The Bertz CT molecular complexity index is 520. The lowest BCUT2D eigenvalue weighted by Crippen LogP contribution is -2.53.